The van der Waals surface area contributed by atoms with Gasteiger partial charge in [-0.25, -0.2) is 4.98 Å². The molecule has 6 heteroatoms. The first kappa shape index (κ1) is 17.5. The van der Waals surface area contributed by atoms with E-state index in [4.69, 9.17) is 0 Å². The van der Waals surface area contributed by atoms with Crippen molar-refractivity contribution in [1.82, 2.24) is 9.88 Å². The van der Waals surface area contributed by atoms with E-state index in [1.807, 2.05) is 31.2 Å². The number of aliphatic hydroxyl groups excluding tert-OH is 1. The van der Waals surface area contributed by atoms with Gasteiger partial charge in [0.1, 0.15) is 0 Å². The number of halogens is 1. The molecule has 1 N–H and O–H groups in total. The third-order valence-electron chi connectivity index (χ3n) is 3.96. The van der Waals surface area contributed by atoms with Crippen molar-refractivity contribution in [2.75, 3.05) is 19.7 Å². The molecule has 0 radical (unpaired) electrons. The normalized spacial score (nSPS) is 11.0. The molecule has 0 fully saturated rings. The predicted octanol–water partition coefficient (Wildman–Crippen LogP) is 3.95. The molecule has 0 aliphatic heterocycles. The Morgan fingerprint density at radius 3 is 2.80 bits per heavy atom. The maximum atomic E-state index is 13.1. The molecule has 2 heterocycles. The van der Waals surface area contributed by atoms with E-state index in [0.717, 1.165) is 27.6 Å². The number of hydrogen-bond acceptors (Lipinski definition) is 4. The van der Waals surface area contributed by atoms with Crippen LogP contribution in [0.5, 0.6) is 0 Å². The molecule has 0 saturated carbocycles. The maximum Gasteiger partial charge on any atom is 0.264 e. The zero-order valence-corrected chi connectivity index (χ0v) is 14.7. The number of carbonyl (C=O) groups is 1. The number of rotatable bonds is 6. The third kappa shape index (κ3) is 3.70. The summed E-state index contributed by atoms with van der Waals surface area (Å²) in [5.74, 6) is -0.586. The first-order valence-corrected chi connectivity index (χ1v) is 9.00. The van der Waals surface area contributed by atoms with Crippen LogP contribution in [0.3, 0.4) is 0 Å². The van der Waals surface area contributed by atoms with Crippen LogP contribution in [-0.2, 0) is 0 Å². The van der Waals surface area contributed by atoms with Gasteiger partial charge in [0.05, 0.1) is 11.5 Å². The Balaban J connectivity index is 2.01. The summed E-state index contributed by atoms with van der Waals surface area (Å²) in [4.78, 5) is 18.8. The number of aromatic nitrogens is 1. The number of fused-ring (bicyclic) bond motifs is 1. The van der Waals surface area contributed by atoms with Crippen LogP contribution in [0.2, 0.25) is 0 Å². The molecule has 130 valence electrons. The monoisotopic (exact) mass is 358 g/mol. The highest BCUT2D eigenvalue weighted by Crippen LogP contribution is 2.34. The van der Waals surface area contributed by atoms with Crippen molar-refractivity contribution in [3.05, 3.63) is 53.4 Å². The van der Waals surface area contributed by atoms with Gasteiger partial charge in [-0.15, -0.1) is 11.3 Å². The lowest BCUT2D eigenvalue weighted by Crippen LogP contribution is -2.33. The minimum Gasteiger partial charge on any atom is -0.395 e. The Labute approximate surface area is 149 Å². The van der Waals surface area contributed by atoms with Crippen molar-refractivity contribution < 1.29 is 14.3 Å². The number of nitrogens with zero attached hydrogens (tertiary/aromatic N) is 2. The standard InChI is InChI=1S/C19H19FN2O2S/c1-2-8-22(9-10-23)19(24)17-11-15-14(4-3-5-16(15)25-17)13-6-7-18(20)21-12-13/h3-7,11-12,23H,2,8-10H2,1H3. The first-order valence-electron chi connectivity index (χ1n) is 8.18. The van der Waals surface area contributed by atoms with Gasteiger partial charge in [0.25, 0.3) is 5.91 Å². The molecule has 4 nitrogen and oxygen atoms in total. The maximum absolute atomic E-state index is 13.1. The molecule has 3 aromatic rings. The molecule has 1 amide bonds. The van der Waals surface area contributed by atoms with Crippen molar-refractivity contribution in [3.63, 3.8) is 0 Å². The van der Waals surface area contributed by atoms with E-state index in [2.05, 4.69) is 4.98 Å². The van der Waals surface area contributed by atoms with Crippen LogP contribution in [0.1, 0.15) is 23.0 Å². The van der Waals surface area contributed by atoms with Crippen molar-refractivity contribution in [3.8, 4) is 11.1 Å². The number of thiophene rings is 1. The van der Waals surface area contributed by atoms with E-state index < -0.39 is 5.95 Å². The lowest BCUT2D eigenvalue weighted by molar-refractivity contribution is 0.0727. The lowest BCUT2D eigenvalue weighted by atomic mass is 10.0. The molecule has 0 unspecified atom stereocenters. The third-order valence-corrected chi connectivity index (χ3v) is 5.05. The molecule has 0 aliphatic carbocycles. The summed E-state index contributed by atoms with van der Waals surface area (Å²) < 4.78 is 14.1. The van der Waals surface area contributed by atoms with Crippen LogP contribution < -0.4 is 0 Å². The van der Waals surface area contributed by atoms with E-state index in [1.54, 1.807) is 11.0 Å². The van der Waals surface area contributed by atoms with Crippen molar-refractivity contribution >= 4 is 27.3 Å². The number of amides is 1. The number of benzene rings is 1. The van der Waals surface area contributed by atoms with Crippen LogP contribution in [0.4, 0.5) is 4.39 Å². The average Bonchev–Trinajstić information content (AvgIpc) is 3.06. The highest BCUT2D eigenvalue weighted by molar-refractivity contribution is 7.20. The van der Waals surface area contributed by atoms with Crippen LogP contribution in [0.15, 0.2) is 42.6 Å². The average molecular weight is 358 g/mol. The van der Waals surface area contributed by atoms with Gasteiger partial charge in [0.15, 0.2) is 0 Å². The zero-order chi connectivity index (χ0) is 17.8. The number of carbonyl (C=O) groups excluding carboxylic acids is 1. The number of aliphatic hydroxyl groups is 1. The summed E-state index contributed by atoms with van der Waals surface area (Å²) in [6.07, 6.45) is 2.33. The molecular formula is C19H19FN2O2S. The van der Waals surface area contributed by atoms with E-state index in [0.29, 0.717) is 18.0 Å². The summed E-state index contributed by atoms with van der Waals surface area (Å²) in [6, 6.07) is 10.7. The smallest absolute Gasteiger partial charge is 0.264 e. The second kappa shape index (κ2) is 7.72. The van der Waals surface area contributed by atoms with E-state index in [9.17, 15) is 14.3 Å². The van der Waals surface area contributed by atoms with Crippen molar-refractivity contribution in [2.45, 2.75) is 13.3 Å². The Morgan fingerprint density at radius 2 is 2.12 bits per heavy atom. The quantitative estimate of drug-likeness (QED) is 0.679. The minimum absolute atomic E-state index is 0.0524. The predicted molar refractivity (Wildman–Crippen MR) is 98.3 cm³/mol. The lowest BCUT2D eigenvalue weighted by Gasteiger charge is -2.19. The molecular weight excluding hydrogens is 339 g/mol. The topological polar surface area (TPSA) is 53.4 Å². The molecule has 0 aliphatic rings. The van der Waals surface area contributed by atoms with E-state index in [-0.39, 0.29) is 12.5 Å². The zero-order valence-electron chi connectivity index (χ0n) is 13.9. The highest BCUT2D eigenvalue weighted by Gasteiger charge is 2.18. The molecule has 0 atom stereocenters. The highest BCUT2D eigenvalue weighted by atomic mass is 32.1. The van der Waals surface area contributed by atoms with Crippen LogP contribution in [0, 0.1) is 5.95 Å². The van der Waals surface area contributed by atoms with Gasteiger partial charge in [0, 0.05) is 34.9 Å². The molecule has 0 saturated heterocycles. The van der Waals surface area contributed by atoms with E-state index in [1.165, 1.54) is 23.6 Å². The largest absolute Gasteiger partial charge is 0.395 e. The van der Waals surface area contributed by atoms with Crippen molar-refractivity contribution in [1.29, 1.82) is 0 Å². The second-order valence-electron chi connectivity index (χ2n) is 5.71. The van der Waals surface area contributed by atoms with Gasteiger partial charge < -0.3 is 10.0 Å². The van der Waals surface area contributed by atoms with Crippen LogP contribution in [-0.4, -0.2) is 40.6 Å². The SMILES string of the molecule is CCCN(CCO)C(=O)c1cc2c(-c3ccc(F)nc3)cccc2s1. The van der Waals surface area contributed by atoms with Crippen LogP contribution in [0.25, 0.3) is 21.2 Å². The Morgan fingerprint density at radius 1 is 1.28 bits per heavy atom. The van der Waals surface area contributed by atoms with Gasteiger partial charge in [-0.05, 0) is 36.2 Å². The minimum atomic E-state index is -0.517. The Kier molecular flexibility index (Phi) is 5.40. The number of hydrogen-bond donors (Lipinski definition) is 1. The molecule has 1 aromatic carbocycles. The molecule has 2 aromatic heterocycles. The summed E-state index contributed by atoms with van der Waals surface area (Å²) in [5.41, 5.74) is 1.73. The number of pyridine rings is 1. The fraction of sp³-hybridized carbons (Fsp3) is 0.263. The van der Waals surface area contributed by atoms with Crippen LogP contribution >= 0.6 is 11.3 Å². The molecule has 3 rings (SSSR count). The van der Waals surface area contributed by atoms with Crippen molar-refractivity contribution in [2.24, 2.45) is 0 Å². The van der Waals surface area contributed by atoms with Gasteiger partial charge in [0.2, 0.25) is 5.95 Å². The Hall–Kier alpha value is -2.31. The fourth-order valence-electron chi connectivity index (χ4n) is 2.81. The van der Waals surface area contributed by atoms with E-state index >= 15 is 0 Å². The van der Waals surface area contributed by atoms with Gasteiger partial charge in [-0.2, -0.15) is 4.39 Å². The summed E-state index contributed by atoms with van der Waals surface area (Å²) in [7, 11) is 0. The molecule has 25 heavy (non-hydrogen) atoms. The Bertz CT molecular complexity index is 871. The summed E-state index contributed by atoms with van der Waals surface area (Å²) >= 11 is 1.43. The molecule has 0 bridgehead atoms. The summed E-state index contributed by atoms with van der Waals surface area (Å²) in [5, 5.41) is 10.1. The van der Waals surface area contributed by atoms with Gasteiger partial charge in [-0.3, -0.25) is 4.79 Å². The fourth-order valence-corrected chi connectivity index (χ4v) is 3.87. The van der Waals surface area contributed by atoms with Gasteiger partial charge >= 0.3 is 0 Å². The molecule has 0 spiro atoms. The van der Waals surface area contributed by atoms with Gasteiger partial charge in [-0.1, -0.05) is 19.1 Å². The first-order chi connectivity index (χ1) is 12.1. The second-order valence-corrected chi connectivity index (χ2v) is 6.80. The summed E-state index contributed by atoms with van der Waals surface area (Å²) in [6.45, 7) is 2.89.